The molecule has 2 aromatic rings. The zero-order valence-corrected chi connectivity index (χ0v) is 12.3. The van der Waals surface area contributed by atoms with E-state index < -0.39 is 0 Å². The Kier molecular flexibility index (Phi) is 3.88. The lowest BCUT2D eigenvalue weighted by atomic mass is 9.91. The highest BCUT2D eigenvalue weighted by Gasteiger charge is 2.26. The fourth-order valence-corrected chi connectivity index (χ4v) is 3.11. The van der Waals surface area contributed by atoms with Gasteiger partial charge in [0.2, 0.25) is 0 Å². The Morgan fingerprint density at radius 1 is 1.19 bits per heavy atom. The summed E-state index contributed by atoms with van der Waals surface area (Å²) in [5.74, 6) is 0.00673. The molecule has 1 saturated carbocycles. The van der Waals surface area contributed by atoms with Gasteiger partial charge in [-0.1, -0.05) is 24.3 Å². The van der Waals surface area contributed by atoms with Crippen LogP contribution in [0.25, 0.3) is 10.8 Å². The van der Waals surface area contributed by atoms with Gasteiger partial charge in [0.05, 0.1) is 0 Å². The van der Waals surface area contributed by atoms with Crippen LogP contribution in [0.2, 0.25) is 0 Å². The molecule has 0 saturated heterocycles. The molecule has 0 aliphatic heterocycles. The third kappa shape index (κ3) is 2.76. The van der Waals surface area contributed by atoms with Crippen molar-refractivity contribution in [2.75, 3.05) is 7.05 Å². The highest BCUT2D eigenvalue weighted by atomic mass is 16.2. The molecule has 2 N–H and O–H groups in total. The molecule has 0 radical (unpaired) electrons. The van der Waals surface area contributed by atoms with Gasteiger partial charge < -0.3 is 10.6 Å². The van der Waals surface area contributed by atoms with Gasteiger partial charge >= 0.3 is 0 Å². The molecule has 1 aliphatic carbocycles. The summed E-state index contributed by atoms with van der Waals surface area (Å²) >= 11 is 0. The largest absolute Gasteiger partial charge is 0.337 e. The van der Waals surface area contributed by atoms with Crippen LogP contribution in [-0.2, 0) is 0 Å². The zero-order valence-electron chi connectivity index (χ0n) is 12.3. The van der Waals surface area contributed by atoms with E-state index in [9.17, 15) is 4.79 Å². The first-order valence-electron chi connectivity index (χ1n) is 7.53. The number of aromatic nitrogens is 1. The second kappa shape index (κ2) is 5.82. The van der Waals surface area contributed by atoms with Crippen LogP contribution in [0.4, 0.5) is 0 Å². The number of rotatable bonds is 2. The van der Waals surface area contributed by atoms with Crippen molar-refractivity contribution in [1.82, 2.24) is 9.88 Å². The maximum absolute atomic E-state index is 12.8. The molecule has 0 spiro atoms. The molecule has 3 rings (SSSR count). The number of carbonyl (C=O) groups is 1. The molecule has 0 unspecified atom stereocenters. The molecule has 1 heterocycles. The number of fused-ring (bicyclic) bond motifs is 1. The first-order valence-corrected chi connectivity index (χ1v) is 7.53. The van der Waals surface area contributed by atoms with Crippen molar-refractivity contribution < 1.29 is 4.79 Å². The molecule has 110 valence electrons. The van der Waals surface area contributed by atoms with Gasteiger partial charge in [0.1, 0.15) is 5.69 Å². The van der Waals surface area contributed by atoms with Crippen LogP contribution < -0.4 is 5.73 Å². The van der Waals surface area contributed by atoms with Crippen molar-refractivity contribution in [3.8, 4) is 0 Å². The lowest BCUT2D eigenvalue weighted by Gasteiger charge is -2.33. The molecule has 1 fully saturated rings. The van der Waals surface area contributed by atoms with Gasteiger partial charge in [0, 0.05) is 30.7 Å². The van der Waals surface area contributed by atoms with Crippen molar-refractivity contribution in [3.05, 3.63) is 42.2 Å². The van der Waals surface area contributed by atoms with Gasteiger partial charge in [-0.15, -0.1) is 0 Å². The summed E-state index contributed by atoms with van der Waals surface area (Å²) in [4.78, 5) is 18.9. The van der Waals surface area contributed by atoms with E-state index in [0.29, 0.717) is 11.7 Å². The molecule has 0 bridgehead atoms. The number of pyridine rings is 1. The minimum atomic E-state index is 0.00673. The number of nitrogens with zero attached hydrogens (tertiary/aromatic N) is 2. The first kappa shape index (κ1) is 14.0. The van der Waals surface area contributed by atoms with Crippen LogP contribution in [0.3, 0.4) is 0 Å². The predicted molar refractivity (Wildman–Crippen MR) is 84.1 cm³/mol. The normalized spacial score (nSPS) is 22.2. The average Bonchev–Trinajstić information content (AvgIpc) is 2.53. The highest BCUT2D eigenvalue weighted by molar-refractivity contribution is 6.05. The maximum Gasteiger partial charge on any atom is 0.273 e. The first-order chi connectivity index (χ1) is 10.2. The molecule has 1 aromatic heterocycles. The lowest BCUT2D eigenvalue weighted by molar-refractivity contribution is 0.0686. The lowest BCUT2D eigenvalue weighted by Crippen LogP contribution is -2.42. The minimum absolute atomic E-state index is 0.00673. The van der Waals surface area contributed by atoms with Crippen molar-refractivity contribution in [2.24, 2.45) is 5.73 Å². The predicted octanol–water partition coefficient (Wildman–Crippen LogP) is 2.58. The van der Waals surface area contributed by atoms with Gasteiger partial charge in [0.15, 0.2) is 0 Å². The van der Waals surface area contributed by atoms with E-state index in [2.05, 4.69) is 4.98 Å². The second-order valence-corrected chi connectivity index (χ2v) is 5.87. The summed E-state index contributed by atoms with van der Waals surface area (Å²) in [6.07, 6.45) is 5.65. The number of benzene rings is 1. The Bertz CT molecular complexity index is 642. The fraction of sp³-hybridized carbons (Fsp3) is 0.412. The number of carbonyl (C=O) groups excluding carboxylic acids is 1. The van der Waals surface area contributed by atoms with E-state index in [4.69, 9.17) is 5.73 Å². The summed E-state index contributed by atoms with van der Waals surface area (Å²) in [6.45, 7) is 0. The Hall–Kier alpha value is -1.94. The molecular formula is C17H21N3O. The molecule has 1 aromatic carbocycles. The van der Waals surface area contributed by atoms with Crippen molar-refractivity contribution in [1.29, 1.82) is 0 Å². The van der Waals surface area contributed by atoms with Crippen LogP contribution in [0, 0.1) is 0 Å². The molecule has 4 nitrogen and oxygen atoms in total. The van der Waals surface area contributed by atoms with Crippen molar-refractivity contribution in [3.63, 3.8) is 0 Å². The Morgan fingerprint density at radius 3 is 2.67 bits per heavy atom. The van der Waals surface area contributed by atoms with Crippen LogP contribution in [0.1, 0.15) is 36.2 Å². The maximum atomic E-state index is 12.8. The molecular weight excluding hydrogens is 262 g/mol. The van der Waals surface area contributed by atoms with Gasteiger partial charge in [-0.2, -0.15) is 0 Å². The van der Waals surface area contributed by atoms with E-state index in [1.165, 1.54) is 0 Å². The summed E-state index contributed by atoms with van der Waals surface area (Å²) in [7, 11) is 1.88. The summed E-state index contributed by atoms with van der Waals surface area (Å²) in [6, 6.07) is 10.4. The monoisotopic (exact) mass is 283 g/mol. The fourth-order valence-electron chi connectivity index (χ4n) is 3.11. The smallest absolute Gasteiger partial charge is 0.273 e. The quantitative estimate of drug-likeness (QED) is 0.921. The minimum Gasteiger partial charge on any atom is -0.337 e. The molecule has 21 heavy (non-hydrogen) atoms. The molecule has 1 amide bonds. The standard InChI is InChI=1S/C17H21N3O/c1-20(14-8-6-13(18)7-9-14)17(21)16-15-5-3-2-4-12(15)10-11-19-16/h2-5,10-11,13-14H,6-9,18H2,1H3. The van der Waals surface area contributed by atoms with Gasteiger partial charge in [0.25, 0.3) is 5.91 Å². The SMILES string of the molecule is CN(C(=O)c1nccc2ccccc12)C1CCC(N)CC1. The number of hydrogen-bond acceptors (Lipinski definition) is 3. The zero-order chi connectivity index (χ0) is 14.8. The molecule has 0 atom stereocenters. The second-order valence-electron chi connectivity index (χ2n) is 5.87. The number of hydrogen-bond donors (Lipinski definition) is 1. The van der Waals surface area contributed by atoms with Gasteiger partial charge in [-0.05, 0) is 37.1 Å². The molecule has 4 heteroatoms. The topological polar surface area (TPSA) is 59.2 Å². The third-order valence-corrected chi connectivity index (χ3v) is 4.49. The van der Waals surface area contributed by atoms with Crippen LogP contribution in [0.5, 0.6) is 0 Å². The van der Waals surface area contributed by atoms with Gasteiger partial charge in [-0.3, -0.25) is 9.78 Å². The third-order valence-electron chi connectivity index (χ3n) is 4.49. The van der Waals surface area contributed by atoms with E-state index in [0.717, 1.165) is 36.5 Å². The summed E-state index contributed by atoms with van der Waals surface area (Å²) < 4.78 is 0. The van der Waals surface area contributed by atoms with Crippen LogP contribution in [-0.4, -0.2) is 34.9 Å². The Morgan fingerprint density at radius 2 is 1.90 bits per heavy atom. The van der Waals surface area contributed by atoms with E-state index in [1.807, 2.05) is 42.3 Å². The van der Waals surface area contributed by atoms with Gasteiger partial charge in [-0.25, -0.2) is 0 Å². The van der Waals surface area contributed by atoms with E-state index >= 15 is 0 Å². The summed E-state index contributed by atoms with van der Waals surface area (Å²) in [5.41, 5.74) is 6.49. The van der Waals surface area contributed by atoms with Crippen LogP contribution in [0.15, 0.2) is 36.5 Å². The van der Waals surface area contributed by atoms with E-state index in [1.54, 1.807) is 6.20 Å². The van der Waals surface area contributed by atoms with Crippen LogP contribution >= 0.6 is 0 Å². The highest BCUT2D eigenvalue weighted by Crippen LogP contribution is 2.24. The molecule has 1 aliphatic rings. The van der Waals surface area contributed by atoms with E-state index in [-0.39, 0.29) is 11.9 Å². The Labute approximate surface area is 125 Å². The average molecular weight is 283 g/mol. The van der Waals surface area contributed by atoms with Crippen molar-refractivity contribution >= 4 is 16.7 Å². The number of nitrogens with two attached hydrogens (primary N) is 1. The van der Waals surface area contributed by atoms with Crippen molar-refractivity contribution in [2.45, 2.75) is 37.8 Å². The number of amides is 1. The summed E-state index contributed by atoms with van der Waals surface area (Å²) in [5, 5.41) is 1.97. The Balaban J connectivity index is 1.86.